The zero-order valence-electron chi connectivity index (χ0n) is 10.3. The van der Waals surface area contributed by atoms with Crippen LogP contribution in [-0.4, -0.2) is 23.9 Å². The van der Waals surface area contributed by atoms with Gasteiger partial charge in [0.15, 0.2) is 0 Å². The summed E-state index contributed by atoms with van der Waals surface area (Å²) in [5.41, 5.74) is 3.22. The molecule has 2 nitrogen and oxygen atoms in total. The maximum Gasteiger partial charge on any atom is 0.0737 e. The van der Waals surface area contributed by atoms with Gasteiger partial charge in [-0.2, -0.15) is 0 Å². The molecule has 0 heterocycles. The molecule has 1 aromatic carbocycles. The molecule has 0 spiro atoms. The summed E-state index contributed by atoms with van der Waals surface area (Å²) >= 11 is 0. The van der Waals surface area contributed by atoms with Crippen LogP contribution in [0.4, 0.5) is 0 Å². The lowest BCUT2D eigenvalue weighted by atomic mass is 9.73. The molecule has 0 radical (unpaired) electrons. The molecule has 1 aliphatic carbocycles. The summed E-state index contributed by atoms with van der Waals surface area (Å²) in [6.45, 7) is 4.19. The lowest BCUT2D eigenvalue weighted by Gasteiger charge is -2.43. The Hall–Kier alpha value is -0.860. The second-order valence-electron chi connectivity index (χ2n) is 5.16. The van der Waals surface area contributed by atoms with Crippen LogP contribution in [0.2, 0.25) is 0 Å². The summed E-state index contributed by atoms with van der Waals surface area (Å²) in [4.78, 5) is 0. The van der Waals surface area contributed by atoms with Crippen LogP contribution in [0.15, 0.2) is 18.2 Å². The molecular formula is C14H20O2. The minimum Gasteiger partial charge on any atom is -0.389 e. The fraction of sp³-hybridized carbons (Fsp3) is 0.571. The summed E-state index contributed by atoms with van der Waals surface area (Å²) in [6.07, 6.45) is 2.51. The third-order valence-corrected chi connectivity index (χ3v) is 3.36. The molecule has 0 saturated heterocycles. The van der Waals surface area contributed by atoms with E-state index in [0.29, 0.717) is 0 Å². The van der Waals surface area contributed by atoms with Crippen molar-refractivity contribution >= 4 is 0 Å². The van der Waals surface area contributed by atoms with Crippen LogP contribution in [-0.2, 0) is 11.2 Å². The largest absolute Gasteiger partial charge is 0.389 e. The van der Waals surface area contributed by atoms with E-state index in [2.05, 4.69) is 32.0 Å². The van der Waals surface area contributed by atoms with E-state index in [1.54, 1.807) is 7.11 Å². The van der Waals surface area contributed by atoms with Gasteiger partial charge in [-0.3, -0.25) is 0 Å². The van der Waals surface area contributed by atoms with Gasteiger partial charge in [0.1, 0.15) is 0 Å². The van der Waals surface area contributed by atoms with E-state index in [1.807, 2.05) is 0 Å². The summed E-state index contributed by atoms with van der Waals surface area (Å²) in [5, 5.41) is 10.3. The molecule has 2 rings (SSSR count). The van der Waals surface area contributed by atoms with E-state index in [4.69, 9.17) is 4.74 Å². The van der Waals surface area contributed by atoms with Gasteiger partial charge in [0.05, 0.1) is 11.7 Å². The minimum atomic E-state index is -0.541. The van der Waals surface area contributed by atoms with Crippen LogP contribution in [0.3, 0.4) is 0 Å². The molecule has 1 saturated carbocycles. The average Bonchev–Trinajstić information content (AvgIpc) is 2.11. The molecule has 2 heteroatoms. The van der Waals surface area contributed by atoms with Gasteiger partial charge in [-0.25, -0.2) is 0 Å². The molecule has 0 bridgehead atoms. The van der Waals surface area contributed by atoms with E-state index in [9.17, 15) is 5.11 Å². The molecule has 1 aliphatic rings. The number of benzene rings is 1. The maximum atomic E-state index is 10.3. The SMILES string of the molecule is COC1CC(O)(Cc2cc(C)cc(C)c2)C1. The third-order valence-electron chi connectivity index (χ3n) is 3.36. The summed E-state index contributed by atoms with van der Waals surface area (Å²) in [5.74, 6) is 0. The Morgan fingerprint density at radius 2 is 1.81 bits per heavy atom. The summed E-state index contributed by atoms with van der Waals surface area (Å²) in [6, 6.07) is 6.47. The highest BCUT2D eigenvalue weighted by Gasteiger charge is 2.42. The van der Waals surface area contributed by atoms with Gasteiger partial charge >= 0.3 is 0 Å². The van der Waals surface area contributed by atoms with Crippen molar-refractivity contribution < 1.29 is 9.84 Å². The van der Waals surface area contributed by atoms with Crippen molar-refractivity contribution in [2.45, 2.75) is 44.8 Å². The smallest absolute Gasteiger partial charge is 0.0737 e. The Bertz CT molecular complexity index is 358. The van der Waals surface area contributed by atoms with E-state index in [-0.39, 0.29) is 6.10 Å². The fourth-order valence-corrected chi connectivity index (χ4v) is 2.65. The Labute approximate surface area is 97.3 Å². The van der Waals surface area contributed by atoms with Crippen LogP contribution < -0.4 is 0 Å². The van der Waals surface area contributed by atoms with Crippen molar-refractivity contribution in [1.29, 1.82) is 0 Å². The normalized spacial score (nSPS) is 28.9. The van der Waals surface area contributed by atoms with Crippen LogP contribution >= 0.6 is 0 Å². The number of rotatable bonds is 3. The van der Waals surface area contributed by atoms with Crippen molar-refractivity contribution in [1.82, 2.24) is 0 Å². The zero-order chi connectivity index (χ0) is 11.8. The molecule has 1 N–H and O–H groups in total. The average molecular weight is 220 g/mol. The highest BCUT2D eigenvalue weighted by molar-refractivity contribution is 5.30. The van der Waals surface area contributed by atoms with Crippen molar-refractivity contribution in [2.75, 3.05) is 7.11 Å². The van der Waals surface area contributed by atoms with Gasteiger partial charge in [0.25, 0.3) is 0 Å². The first-order valence-electron chi connectivity index (χ1n) is 5.83. The molecule has 0 amide bonds. The van der Waals surface area contributed by atoms with Crippen molar-refractivity contribution in [3.63, 3.8) is 0 Å². The standard InChI is InChI=1S/C14H20O2/c1-10-4-11(2)6-12(5-10)7-14(15)8-13(9-14)16-3/h4-6,13,15H,7-9H2,1-3H3. The molecule has 0 atom stereocenters. The van der Waals surface area contributed by atoms with Crippen LogP contribution in [0.1, 0.15) is 29.5 Å². The third kappa shape index (κ3) is 2.45. The van der Waals surface area contributed by atoms with Crippen LogP contribution in [0.5, 0.6) is 0 Å². The van der Waals surface area contributed by atoms with E-state index < -0.39 is 5.60 Å². The Morgan fingerprint density at radius 1 is 1.25 bits per heavy atom. The number of ether oxygens (including phenoxy) is 1. The van der Waals surface area contributed by atoms with Crippen LogP contribution in [0, 0.1) is 13.8 Å². The summed E-state index contributed by atoms with van der Waals surface area (Å²) in [7, 11) is 1.71. The van der Waals surface area contributed by atoms with E-state index >= 15 is 0 Å². The van der Waals surface area contributed by atoms with Crippen LogP contribution in [0.25, 0.3) is 0 Å². The highest BCUT2D eigenvalue weighted by atomic mass is 16.5. The van der Waals surface area contributed by atoms with Gasteiger partial charge < -0.3 is 9.84 Å². The number of hydrogen-bond acceptors (Lipinski definition) is 2. The number of aryl methyl sites for hydroxylation is 2. The van der Waals surface area contributed by atoms with E-state index in [0.717, 1.165) is 19.3 Å². The van der Waals surface area contributed by atoms with Gasteiger partial charge in [-0.05, 0) is 19.4 Å². The molecule has 88 valence electrons. The Kier molecular flexibility index (Phi) is 3.04. The molecule has 0 aromatic heterocycles. The van der Waals surface area contributed by atoms with Crippen molar-refractivity contribution in [2.24, 2.45) is 0 Å². The molecule has 1 fully saturated rings. The molecular weight excluding hydrogens is 200 g/mol. The predicted molar refractivity (Wildman–Crippen MR) is 64.6 cm³/mol. The molecule has 16 heavy (non-hydrogen) atoms. The minimum absolute atomic E-state index is 0.246. The Morgan fingerprint density at radius 3 is 2.31 bits per heavy atom. The lowest BCUT2D eigenvalue weighted by Crippen LogP contribution is -2.49. The topological polar surface area (TPSA) is 29.5 Å². The van der Waals surface area contributed by atoms with Crippen molar-refractivity contribution in [3.05, 3.63) is 34.9 Å². The van der Waals surface area contributed by atoms with Crippen molar-refractivity contribution in [3.8, 4) is 0 Å². The second kappa shape index (κ2) is 4.19. The number of hydrogen-bond donors (Lipinski definition) is 1. The molecule has 1 aromatic rings. The van der Waals surface area contributed by atoms with Gasteiger partial charge in [0.2, 0.25) is 0 Å². The fourth-order valence-electron chi connectivity index (χ4n) is 2.65. The second-order valence-corrected chi connectivity index (χ2v) is 5.16. The predicted octanol–water partition coefficient (Wildman–Crippen LogP) is 2.39. The first-order chi connectivity index (χ1) is 7.50. The summed E-state index contributed by atoms with van der Waals surface area (Å²) < 4.78 is 5.21. The number of methoxy groups -OCH3 is 1. The lowest BCUT2D eigenvalue weighted by molar-refractivity contribution is -0.126. The molecule has 0 unspecified atom stereocenters. The number of aliphatic hydroxyl groups is 1. The first-order valence-corrected chi connectivity index (χ1v) is 5.83. The van der Waals surface area contributed by atoms with Gasteiger partial charge in [-0.15, -0.1) is 0 Å². The quantitative estimate of drug-likeness (QED) is 0.847. The zero-order valence-corrected chi connectivity index (χ0v) is 10.3. The van der Waals surface area contributed by atoms with E-state index in [1.165, 1.54) is 16.7 Å². The Balaban J connectivity index is 2.04. The maximum absolute atomic E-state index is 10.3. The van der Waals surface area contributed by atoms with Gasteiger partial charge in [-0.1, -0.05) is 29.3 Å². The first kappa shape index (κ1) is 11.6. The highest BCUT2D eigenvalue weighted by Crippen LogP contribution is 2.37. The monoisotopic (exact) mass is 220 g/mol. The van der Waals surface area contributed by atoms with Gasteiger partial charge in [0, 0.05) is 26.4 Å². The molecule has 0 aliphatic heterocycles.